The minimum atomic E-state index is 0.416. The quantitative estimate of drug-likeness (QED) is 0.789. The molecular weight excluding hydrogens is 324 g/mol. The summed E-state index contributed by atoms with van der Waals surface area (Å²) in [6, 6.07) is 7.28. The second-order valence-corrected chi connectivity index (χ2v) is 7.26. The number of anilines is 1. The van der Waals surface area contributed by atoms with Crippen LogP contribution < -0.4 is 10.2 Å². The third kappa shape index (κ3) is 4.72. The van der Waals surface area contributed by atoms with Crippen LogP contribution in [0.15, 0.2) is 22.7 Å². The van der Waals surface area contributed by atoms with Crippen molar-refractivity contribution in [3.8, 4) is 0 Å². The van der Waals surface area contributed by atoms with Crippen LogP contribution in [0, 0.1) is 5.92 Å². The zero-order chi connectivity index (χ0) is 15.2. The summed E-state index contributed by atoms with van der Waals surface area (Å²) >= 11 is 3.79. The Morgan fingerprint density at radius 3 is 2.86 bits per heavy atom. The predicted octanol–water partition coefficient (Wildman–Crippen LogP) is 5.14. The van der Waals surface area contributed by atoms with E-state index in [1.165, 1.54) is 54.5 Å². The van der Waals surface area contributed by atoms with Crippen molar-refractivity contribution in [1.82, 2.24) is 5.32 Å². The molecule has 1 N–H and O–H groups in total. The fourth-order valence-electron chi connectivity index (χ4n) is 3.03. The van der Waals surface area contributed by atoms with Crippen LogP contribution in [0.2, 0.25) is 0 Å². The zero-order valence-electron chi connectivity index (χ0n) is 13.7. The Kier molecular flexibility index (Phi) is 6.56. The number of hydrogen-bond donors (Lipinski definition) is 1. The van der Waals surface area contributed by atoms with Crippen molar-refractivity contribution in [1.29, 1.82) is 0 Å². The van der Waals surface area contributed by atoms with Crippen molar-refractivity contribution < 1.29 is 0 Å². The number of rotatable bonds is 5. The van der Waals surface area contributed by atoms with E-state index < -0.39 is 0 Å². The van der Waals surface area contributed by atoms with Crippen molar-refractivity contribution >= 4 is 21.6 Å². The molecular formula is C18H29BrN2. The maximum atomic E-state index is 3.79. The molecule has 1 fully saturated rings. The summed E-state index contributed by atoms with van der Waals surface area (Å²) in [4.78, 5) is 2.54. The summed E-state index contributed by atoms with van der Waals surface area (Å²) in [6.45, 7) is 10.3. The van der Waals surface area contributed by atoms with Gasteiger partial charge in [-0.05, 0) is 78.7 Å². The van der Waals surface area contributed by atoms with Gasteiger partial charge in [-0.2, -0.15) is 0 Å². The third-order valence-corrected chi connectivity index (χ3v) is 5.16. The van der Waals surface area contributed by atoms with Crippen LogP contribution in [0.5, 0.6) is 0 Å². The second kappa shape index (κ2) is 8.19. The van der Waals surface area contributed by atoms with Gasteiger partial charge in [-0.25, -0.2) is 0 Å². The predicted molar refractivity (Wildman–Crippen MR) is 96.1 cm³/mol. The monoisotopic (exact) mass is 352 g/mol. The normalized spacial score (nSPS) is 21.1. The maximum absolute atomic E-state index is 3.79. The van der Waals surface area contributed by atoms with Gasteiger partial charge in [0.25, 0.3) is 0 Å². The molecule has 0 aromatic heterocycles. The van der Waals surface area contributed by atoms with Gasteiger partial charge < -0.3 is 10.2 Å². The van der Waals surface area contributed by atoms with Crippen molar-refractivity contribution in [2.45, 2.75) is 52.5 Å². The average Bonchev–Trinajstić information content (AvgIpc) is 2.69. The molecule has 1 aliphatic heterocycles. The molecule has 1 aromatic rings. The fraction of sp³-hybridized carbons (Fsp3) is 0.667. The van der Waals surface area contributed by atoms with Crippen molar-refractivity contribution in [3.05, 3.63) is 28.2 Å². The molecule has 118 valence electrons. The lowest BCUT2D eigenvalue weighted by Gasteiger charge is -2.25. The summed E-state index contributed by atoms with van der Waals surface area (Å²) in [6.07, 6.45) is 5.16. The van der Waals surface area contributed by atoms with Crippen LogP contribution in [0.1, 0.15) is 58.1 Å². The molecule has 0 aliphatic carbocycles. The van der Waals surface area contributed by atoms with Crippen molar-refractivity contribution in [2.75, 3.05) is 24.5 Å². The molecule has 2 nitrogen and oxygen atoms in total. The Morgan fingerprint density at radius 2 is 2.14 bits per heavy atom. The molecule has 1 saturated heterocycles. The highest BCUT2D eigenvalue weighted by Gasteiger charge is 2.17. The molecule has 1 aliphatic rings. The van der Waals surface area contributed by atoms with Gasteiger partial charge in [0.15, 0.2) is 0 Å². The lowest BCUT2D eigenvalue weighted by molar-refractivity contribution is 0.521. The standard InChI is InChI=1S/C18H29BrN2/c1-4-10-20-15(3)16-7-8-18(17(19)13-16)21-11-5-6-14(2)9-12-21/h7-8,13-15,20H,4-6,9-12H2,1-3H3. The number of hydrogen-bond acceptors (Lipinski definition) is 2. The van der Waals surface area contributed by atoms with Crippen molar-refractivity contribution in [2.24, 2.45) is 5.92 Å². The first kappa shape index (κ1) is 16.8. The average molecular weight is 353 g/mol. The van der Waals surface area contributed by atoms with Gasteiger partial charge in [-0.15, -0.1) is 0 Å². The van der Waals surface area contributed by atoms with Crippen LogP contribution in [0.3, 0.4) is 0 Å². The first-order valence-electron chi connectivity index (χ1n) is 8.39. The highest BCUT2D eigenvalue weighted by Crippen LogP contribution is 2.31. The number of nitrogens with zero attached hydrogens (tertiary/aromatic N) is 1. The molecule has 2 rings (SSSR count). The third-order valence-electron chi connectivity index (χ3n) is 4.53. The summed E-state index contributed by atoms with van der Waals surface area (Å²) in [5, 5.41) is 3.56. The summed E-state index contributed by atoms with van der Waals surface area (Å²) in [7, 11) is 0. The Labute approximate surface area is 138 Å². The van der Waals surface area contributed by atoms with Crippen LogP contribution in [0.25, 0.3) is 0 Å². The van der Waals surface area contributed by atoms with Gasteiger partial charge in [0.2, 0.25) is 0 Å². The Morgan fingerprint density at radius 1 is 1.33 bits per heavy atom. The SMILES string of the molecule is CCCNC(C)c1ccc(N2CCCC(C)CC2)c(Br)c1. The van der Waals surface area contributed by atoms with E-state index in [1.807, 2.05) is 0 Å². The summed E-state index contributed by atoms with van der Waals surface area (Å²) in [5.41, 5.74) is 2.72. The highest BCUT2D eigenvalue weighted by atomic mass is 79.9. The molecule has 2 unspecified atom stereocenters. The molecule has 3 heteroatoms. The molecule has 0 bridgehead atoms. The molecule has 21 heavy (non-hydrogen) atoms. The van der Waals surface area contributed by atoms with E-state index in [4.69, 9.17) is 0 Å². The summed E-state index contributed by atoms with van der Waals surface area (Å²) < 4.78 is 1.24. The van der Waals surface area contributed by atoms with E-state index in [1.54, 1.807) is 0 Å². The lowest BCUT2D eigenvalue weighted by atomic mass is 10.0. The van der Waals surface area contributed by atoms with Gasteiger partial charge in [-0.3, -0.25) is 0 Å². The maximum Gasteiger partial charge on any atom is 0.0510 e. The van der Waals surface area contributed by atoms with E-state index in [9.17, 15) is 0 Å². The zero-order valence-corrected chi connectivity index (χ0v) is 15.2. The largest absolute Gasteiger partial charge is 0.371 e. The van der Waals surface area contributed by atoms with Crippen LogP contribution in [-0.4, -0.2) is 19.6 Å². The van der Waals surface area contributed by atoms with E-state index in [2.05, 4.69) is 65.1 Å². The smallest absolute Gasteiger partial charge is 0.0510 e. The molecule has 0 radical (unpaired) electrons. The van der Waals surface area contributed by atoms with Gasteiger partial charge in [0.1, 0.15) is 0 Å². The fourth-order valence-corrected chi connectivity index (χ4v) is 3.68. The van der Waals surface area contributed by atoms with Crippen LogP contribution >= 0.6 is 15.9 Å². The Hall–Kier alpha value is -0.540. The number of benzene rings is 1. The van der Waals surface area contributed by atoms with Crippen LogP contribution in [-0.2, 0) is 0 Å². The van der Waals surface area contributed by atoms with Gasteiger partial charge in [0.05, 0.1) is 5.69 Å². The molecule has 1 aromatic carbocycles. The molecule has 2 atom stereocenters. The van der Waals surface area contributed by atoms with E-state index in [0.717, 1.165) is 12.5 Å². The Bertz CT molecular complexity index is 447. The Balaban J connectivity index is 2.08. The van der Waals surface area contributed by atoms with Crippen LogP contribution in [0.4, 0.5) is 5.69 Å². The lowest BCUT2D eigenvalue weighted by Crippen LogP contribution is -2.25. The topological polar surface area (TPSA) is 15.3 Å². The molecule has 0 spiro atoms. The number of nitrogens with one attached hydrogen (secondary N) is 1. The first-order valence-corrected chi connectivity index (χ1v) is 9.19. The minimum Gasteiger partial charge on any atom is -0.371 e. The molecule has 1 heterocycles. The van der Waals surface area contributed by atoms with Crippen molar-refractivity contribution in [3.63, 3.8) is 0 Å². The van der Waals surface area contributed by atoms with E-state index in [0.29, 0.717) is 6.04 Å². The molecule has 0 amide bonds. The second-order valence-electron chi connectivity index (χ2n) is 6.41. The van der Waals surface area contributed by atoms with Gasteiger partial charge >= 0.3 is 0 Å². The van der Waals surface area contributed by atoms with Gasteiger partial charge in [-0.1, -0.05) is 19.9 Å². The minimum absolute atomic E-state index is 0.416. The first-order chi connectivity index (χ1) is 10.1. The number of halogens is 1. The molecule has 0 saturated carbocycles. The summed E-state index contributed by atoms with van der Waals surface area (Å²) in [5.74, 6) is 0.867. The highest BCUT2D eigenvalue weighted by molar-refractivity contribution is 9.10. The van der Waals surface area contributed by atoms with Gasteiger partial charge in [0, 0.05) is 23.6 Å². The van der Waals surface area contributed by atoms with E-state index in [-0.39, 0.29) is 0 Å². The van der Waals surface area contributed by atoms with E-state index >= 15 is 0 Å².